The Morgan fingerprint density at radius 1 is 1.18 bits per heavy atom. The van der Waals surface area contributed by atoms with Crippen molar-refractivity contribution in [1.82, 2.24) is 34.9 Å². The molecule has 1 fully saturated rings. The monoisotopic (exact) mass is 562 g/mol. The van der Waals surface area contributed by atoms with Crippen LogP contribution in [0.1, 0.15) is 41.8 Å². The molecule has 6 atom stereocenters. The van der Waals surface area contributed by atoms with E-state index in [-0.39, 0.29) is 17.8 Å². The van der Waals surface area contributed by atoms with Crippen molar-refractivity contribution >= 4 is 11.9 Å². The number of aliphatic carboxylic acids is 1. The van der Waals surface area contributed by atoms with Gasteiger partial charge in [0.25, 0.3) is 5.91 Å². The topological polar surface area (TPSA) is 215 Å². The normalized spacial score (nSPS) is 23.6. The van der Waals surface area contributed by atoms with E-state index in [1.807, 2.05) is 0 Å². The van der Waals surface area contributed by atoms with E-state index in [9.17, 15) is 34.4 Å². The molecule has 0 saturated carbocycles. The largest absolute Gasteiger partial charge is 0.480 e. The molecule has 3 aromatic rings. The van der Waals surface area contributed by atoms with Gasteiger partial charge in [-0.3, -0.25) is 4.79 Å². The Hall–Kier alpha value is -3.83. The first-order valence-corrected chi connectivity index (χ1v) is 12.6. The number of carboxylic acids is 1. The Morgan fingerprint density at radius 2 is 1.95 bits per heavy atom. The van der Waals surface area contributed by atoms with Gasteiger partial charge in [0.1, 0.15) is 35.9 Å². The molecule has 1 saturated heterocycles. The highest BCUT2D eigenvalue weighted by Gasteiger charge is 2.48. The predicted octanol–water partition coefficient (Wildman–Crippen LogP) is -0.817. The Labute approximate surface area is 227 Å². The van der Waals surface area contributed by atoms with E-state index in [2.05, 4.69) is 20.6 Å². The van der Waals surface area contributed by atoms with Crippen molar-refractivity contribution in [1.29, 1.82) is 0 Å². The second kappa shape index (κ2) is 12.6. The summed E-state index contributed by atoms with van der Waals surface area (Å²) in [6.07, 6.45) is -1.64. The van der Waals surface area contributed by atoms with E-state index in [0.717, 1.165) is 9.58 Å². The number of nitrogens with zero attached hydrogens (tertiary/aromatic N) is 7. The average molecular weight is 563 g/mol. The highest BCUT2D eigenvalue weighted by Crippen LogP contribution is 2.32. The summed E-state index contributed by atoms with van der Waals surface area (Å²) in [7, 11) is 1.31. The number of amides is 1. The number of aromatic nitrogens is 6. The second-order valence-corrected chi connectivity index (χ2v) is 9.45. The fourth-order valence-electron chi connectivity index (χ4n) is 4.59. The fourth-order valence-corrected chi connectivity index (χ4v) is 4.59. The molecule has 216 valence electrons. The van der Waals surface area contributed by atoms with Gasteiger partial charge in [-0.2, -0.15) is 0 Å². The van der Waals surface area contributed by atoms with Crippen molar-refractivity contribution in [3.63, 3.8) is 0 Å². The first kappa shape index (κ1) is 29.2. The number of hydrogen-bond donors (Lipinski definition) is 5. The summed E-state index contributed by atoms with van der Waals surface area (Å²) in [6.45, 7) is -0.235. The van der Waals surface area contributed by atoms with Crippen LogP contribution in [-0.4, -0.2) is 112 Å². The molecule has 1 amide bonds. The molecule has 1 aliphatic heterocycles. The summed E-state index contributed by atoms with van der Waals surface area (Å²) >= 11 is 0. The van der Waals surface area contributed by atoms with Crippen molar-refractivity contribution in [2.24, 2.45) is 5.73 Å². The molecular formula is C24H31FN8O7. The summed E-state index contributed by atoms with van der Waals surface area (Å²) in [5.41, 5.74) is 5.95. The number of likely N-dealkylation sites (N-methyl/N-ethyl adjacent to an activating group) is 1. The lowest BCUT2D eigenvalue weighted by Gasteiger charge is -2.44. The van der Waals surface area contributed by atoms with Gasteiger partial charge in [-0.05, 0) is 37.9 Å². The van der Waals surface area contributed by atoms with Crippen LogP contribution in [0.15, 0.2) is 36.7 Å². The molecule has 16 heteroatoms. The summed E-state index contributed by atoms with van der Waals surface area (Å²) in [5.74, 6) is -2.39. The predicted molar refractivity (Wildman–Crippen MR) is 134 cm³/mol. The van der Waals surface area contributed by atoms with Crippen LogP contribution in [0.4, 0.5) is 4.39 Å². The lowest BCUT2D eigenvalue weighted by molar-refractivity contribution is -0.235. The van der Waals surface area contributed by atoms with Gasteiger partial charge >= 0.3 is 5.97 Å². The lowest BCUT2D eigenvalue weighted by Crippen LogP contribution is -2.61. The van der Waals surface area contributed by atoms with Crippen molar-refractivity contribution in [2.45, 2.75) is 55.9 Å². The number of rotatable bonds is 11. The van der Waals surface area contributed by atoms with Gasteiger partial charge in [-0.25, -0.2) is 18.5 Å². The molecule has 4 unspecified atom stereocenters. The molecule has 2 aromatic heterocycles. The third kappa shape index (κ3) is 6.00. The van der Waals surface area contributed by atoms with Crippen LogP contribution in [-0.2, 0) is 9.53 Å². The third-order valence-electron chi connectivity index (χ3n) is 6.77. The van der Waals surface area contributed by atoms with Gasteiger partial charge in [-0.1, -0.05) is 22.6 Å². The standard InChI is InChI=1S/C24H31FN8O7/c1-31(22(37)16-11-32(29-28-16)17(24(38)39)7-2-3-8-26)23-21(36)19(20(35)18(12-34)40-23)33-10-15(27-30-33)13-5-4-6-14(25)9-13/h4-6,9-11,17-21,23,34-36H,2-3,7-8,12,26H2,1H3,(H,38,39)/t17?,18?,19-,20-,21?,23?/m0/s1. The van der Waals surface area contributed by atoms with Crippen LogP contribution in [0, 0.1) is 5.82 Å². The summed E-state index contributed by atoms with van der Waals surface area (Å²) in [6, 6.07) is 3.36. The van der Waals surface area contributed by atoms with E-state index in [1.165, 1.54) is 42.3 Å². The summed E-state index contributed by atoms with van der Waals surface area (Å²) in [5, 5.41) is 57.1. The maximum atomic E-state index is 13.7. The number of carbonyl (C=O) groups is 2. The van der Waals surface area contributed by atoms with Gasteiger partial charge in [-0.15, -0.1) is 10.2 Å². The molecule has 15 nitrogen and oxygen atoms in total. The molecule has 0 radical (unpaired) electrons. The van der Waals surface area contributed by atoms with Crippen molar-refractivity contribution in [3.05, 3.63) is 48.2 Å². The summed E-state index contributed by atoms with van der Waals surface area (Å²) in [4.78, 5) is 26.0. The molecule has 40 heavy (non-hydrogen) atoms. The first-order valence-electron chi connectivity index (χ1n) is 12.6. The molecule has 4 rings (SSSR count). The third-order valence-corrected chi connectivity index (χ3v) is 6.77. The summed E-state index contributed by atoms with van der Waals surface area (Å²) < 4.78 is 21.6. The number of carboxylic acid groups (broad SMARTS) is 1. The average Bonchev–Trinajstić information content (AvgIpc) is 3.61. The Bertz CT molecular complexity index is 1320. The van der Waals surface area contributed by atoms with Crippen LogP contribution in [0.3, 0.4) is 0 Å². The quantitative estimate of drug-likeness (QED) is 0.181. The number of carbonyl (C=O) groups excluding carboxylic acids is 1. The molecule has 0 aliphatic carbocycles. The number of unbranched alkanes of at least 4 members (excludes halogenated alkanes) is 1. The minimum atomic E-state index is -1.56. The number of benzene rings is 1. The highest BCUT2D eigenvalue weighted by atomic mass is 19.1. The number of ether oxygens (including phenoxy) is 1. The van der Waals surface area contributed by atoms with Crippen LogP contribution in [0.25, 0.3) is 11.3 Å². The zero-order chi connectivity index (χ0) is 29.0. The first-order chi connectivity index (χ1) is 19.2. The molecule has 1 aromatic carbocycles. The van der Waals surface area contributed by atoms with E-state index in [1.54, 1.807) is 6.07 Å². The van der Waals surface area contributed by atoms with Crippen LogP contribution in [0.5, 0.6) is 0 Å². The fraction of sp³-hybridized carbons (Fsp3) is 0.500. The van der Waals surface area contributed by atoms with Crippen molar-refractivity contribution in [2.75, 3.05) is 20.2 Å². The number of aliphatic hydroxyl groups is 3. The SMILES string of the molecule is CN(C(=O)c1cn(C(CCCCN)C(=O)O)nn1)C1OC(CO)[C@H](O)[C@H](n2cc(-c3cccc(F)c3)nn2)C1O. The lowest BCUT2D eigenvalue weighted by atomic mass is 9.95. The van der Waals surface area contributed by atoms with Gasteiger partial charge in [0, 0.05) is 12.6 Å². The highest BCUT2D eigenvalue weighted by molar-refractivity contribution is 5.92. The van der Waals surface area contributed by atoms with E-state index < -0.39 is 60.9 Å². The van der Waals surface area contributed by atoms with E-state index >= 15 is 0 Å². The maximum Gasteiger partial charge on any atom is 0.328 e. The molecule has 0 bridgehead atoms. The van der Waals surface area contributed by atoms with Gasteiger partial charge < -0.3 is 35.8 Å². The molecule has 0 spiro atoms. The maximum absolute atomic E-state index is 13.7. The number of hydrogen-bond acceptors (Lipinski definition) is 11. The van der Waals surface area contributed by atoms with Crippen LogP contribution < -0.4 is 5.73 Å². The zero-order valence-corrected chi connectivity index (χ0v) is 21.6. The van der Waals surface area contributed by atoms with E-state index in [4.69, 9.17) is 10.5 Å². The minimum absolute atomic E-state index is 0.208. The molecule has 1 aliphatic rings. The zero-order valence-electron chi connectivity index (χ0n) is 21.6. The Kier molecular flexibility index (Phi) is 9.16. The van der Waals surface area contributed by atoms with Crippen molar-refractivity contribution < 1.29 is 39.1 Å². The second-order valence-electron chi connectivity index (χ2n) is 9.45. The van der Waals surface area contributed by atoms with Gasteiger partial charge in [0.05, 0.1) is 19.0 Å². The van der Waals surface area contributed by atoms with Crippen molar-refractivity contribution in [3.8, 4) is 11.3 Å². The number of aliphatic hydroxyl groups excluding tert-OH is 3. The number of halogens is 1. The van der Waals surface area contributed by atoms with Gasteiger partial charge in [0.2, 0.25) is 0 Å². The smallest absolute Gasteiger partial charge is 0.328 e. The van der Waals surface area contributed by atoms with Gasteiger partial charge in [0.15, 0.2) is 18.0 Å². The Balaban J connectivity index is 1.56. The number of nitrogens with two attached hydrogens (primary N) is 1. The Morgan fingerprint density at radius 3 is 2.62 bits per heavy atom. The minimum Gasteiger partial charge on any atom is -0.480 e. The molecule has 6 N–H and O–H groups in total. The van der Waals surface area contributed by atoms with Crippen LogP contribution in [0.2, 0.25) is 0 Å². The van der Waals surface area contributed by atoms with Crippen LogP contribution >= 0.6 is 0 Å². The molecular weight excluding hydrogens is 531 g/mol. The molecule has 3 heterocycles. The van der Waals surface area contributed by atoms with E-state index in [0.29, 0.717) is 24.9 Å².